The van der Waals surface area contributed by atoms with Crippen molar-refractivity contribution in [3.05, 3.63) is 30.1 Å². The molecule has 0 unspecified atom stereocenters. The average Bonchev–Trinajstić information content (AvgIpc) is 2.39. The molecule has 0 bridgehead atoms. The van der Waals surface area contributed by atoms with Crippen LogP contribution in [-0.4, -0.2) is 43.9 Å². The van der Waals surface area contributed by atoms with Crippen LogP contribution >= 0.6 is 0 Å². The molecule has 0 aromatic carbocycles. The molecule has 2 rings (SSSR count). The minimum absolute atomic E-state index is 0.0442. The average molecular weight is 269 g/mol. The van der Waals surface area contributed by atoms with E-state index in [1.165, 1.54) is 4.31 Å². The molecule has 0 spiro atoms. The molecule has 1 fully saturated rings. The van der Waals surface area contributed by atoms with Crippen molar-refractivity contribution in [3.8, 4) is 0 Å². The monoisotopic (exact) mass is 269 g/mol. The number of rotatable bonds is 4. The Morgan fingerprint density at radius 1 is 1.44 bits per heavy atom. The first kappa shape index (κ1) is 13.5. The number of hydrogen-bond donors (Lipinski definition) is 1. The second kappa shape index (κ2) is 5.77. The van der Waals surface area contributed by atoms with Gasteiger partial charge in [0.2, 0.25) is 10.0 Å². The van der Waals surface area contributed by atoms with Gasteiger partial charge in [-0.3, -0.25) is 4.98 Å². The molecule has 2 heterocycles. The Kier molecular flexibility index (Phi) is 4.31. The van der Waals surface area contributed by atoms with Gasteiger partial charge in [-0.15, -0.1) is 0 Å². The highest BCUT2D eigenvalue weighted by Gasteiger charge is 2.27. The van der Waals surface area contributed by atoms with Crippen molar-refractivity contribution in [2.24, 2.45) is 0 Å². The summed E-state index contributed by atoms with van der Waals surface area (Å²) in [6.07, 6.45) is 5.19. The summed E-state index contributed by atoms with van der Waals surface area (Å²) in [4.78, 5) is 3.89. The molecule has 18 heavy (non-hydrogen) atoms. The van der Waals surface area contributed by atoms with Gasteiger partial charge in [-0.1, -0.05) is 0 Å². The maximum Gasteiger partial charge on any atom is 0.218 e. The Hall–Kier alpha value is -0.980. The molecule has 0 aliphatic carbocycles. The number of nitrogens with zero attached hydrogens (tertiary/aromatic N) is 2. The van der Waals surface area contributed by atoms with Gasteiger partial charge in [0.1, 0.15) is 0 Å². The van der Waals surface area contributed by atoms with Gasteiger partial charge in [0.25, 0.3) is 0 Å². The predicted molar refractivity (Wildman–Crippen MR) is 70.5 cm³/mol. The van der Waals surface area contributed by atoms with Gasteiger partial charge in [-0.25, -0.2) is 12.7 Å². The highest BCUT2D eigenvalue weighted by Crippen LogP contribution is 2.16. The number of piperidine rings is 1. The lowest BCUT2D eigenvalue weighted by molar-refractivity contribution is 0.300. The van der Waals surface area contributed by atoms with Crippen LogP contribution in [0.5, 0.6) is 0 Å². The van der Waals surface area contributed by atoms with E-state index in [2.05, 4.69) is 10.3 Å². The Balaban J connectivity index is 2.05. The first-order valence-corrected chi connectivity index (χ1v) is 7.76. The molecule has 1 N–H and O–H groups in total. The van der Waals surface area contributed by atoms with Crippen LogP contribution in [-0.2, 0) is 15.8 Å². The fourth-order valence-corrected chi connectivity index (χ4v) is 3.61. The van der Waals surface area contributed by atoms with Gasteiger partial charge in [0.05, 0.1) is 5.75 Å². The minimum atomic E-state index is -3.25. The third-order valence-electron chi connectivity index (χ3n) is 3.32. The molecule has 1 aliphatic rings. The summed E-state index contributed by atoms with van der Waals surface area (Å²) in [6.45, 7) is 1.72. The maximum absolute atomic E-state index is 12.3. The molecule has 0 radical (unpaired) electrons. The van der Waals surface area contributed by atoms with E-state index in [1.807, 2.05) is 0 Å². The molecular weight excluding hydrogens is 250 g/mol. The van der Waals surface area contributed by atoms with Crippen LogP contribution < -0.4 is 5.32 Å². The van der Waals surface area contributed by atoms with Crippen molar-refractivity contribution in [2.75, 3.05) is 20.1 Å². The lowest BCUT2D eigenvalue weighted by Crippen LogP contribution is -2.46. The molecule has 6 heteroatoms. The van der Waals surface area contributed by atoms with E-state index in [1.54, 1.807) is 31.6 Å². The minimum Gasteiger partial charge on any atom is -0.315 e. The van der Waals surface area contributed by atoms with Gasteiger partial charge in [0.15, 0.2) is 0 Å². The summed E-state index contributed by atoms with van der Waals surface area (Å²) in [5.74, 6) is 0.0442. The Labute approximate surface area is 108 Å². The van der Waals surface area contributed by atoms with E-state index >= 15 is 0 Å². The maximum atomic E-state index is 12.3. The molecule has 0 amide bonds. The summed E-state index contributed by atoms with van der Waals surface area (Å²) >= 11 is 0. The van der Waals surface area contributed by atoms with Crippen LogP contribution in [0.3, 0.4) is 0 Å². The van der Waals surface area contributed by atoms with E-state index in [-0.39, 0.29) is 11.8 Å². The number of aromatic nitrogens is 1. The SMILES string of the molecule is CN([C@@H]1CCCNC1)S(=O)(=O)Cc1ccncc1. The van der Waals surface area contributed by atoms with Crippen molar-refractivity contribution in [2.45, 2.75) is 24.6 Å². The summed E-state index contributed by atoms with van der Waals surface area (Å²) in [6, 6.07) is 3.56. The highest BCUT2D eigenvalue weighted by atomic mass is 32.2. The second-order valence-corrected chi connectivity index (χ2v) is 6.66. The van der Waals surface area contributed by atoms with E-state index in [9.17, 15) is 8.42 Å². The predicted octanol–water partition coefficient (Wildman–Crippen LogP) is 0.595. The van der Waals surface area contributed by atoms with Crippen LogP contribution in [0.2, 0.25) is 0 Å². The molecule has 0 saturated carbocycles. The van der Waals surface area contributed by atoms with Gasteiger partial charge in [-0.05, 0) is 37.1 Å². The smallest absolute Gasteiger partial charge is 0.218 e. The fraction of sp³-hybridized carbons (Fsp3) is 0.583. The van der Waals surface area contributed by atoms with E-state index < -0.39 is 10.0 Å². The van der Waals surface area contributed by atoms with E-state index in [0.717, 1.165) is 31.5 Å². The third kappa shape index (κ3) is 3.28. The Morgan fingerprint density at radius 3 is 2.78 bits per heavy atom. The Morgan fingerprint density at radius 2 is 2.17 bits per heavy atom. The third-order valence-corrected chi connectivity index (χ3v) is 5.20. The first-order chi connectivity index (χ1) is 8.59. The van der Waals surface area contributed by atoms with Gasteiger partial charge in [0, 0.05) is 32.0 Å². The number of hydrogen-bond acceptors (Lipinski definition) is 4. The van der Waals surface area contributed by atoms with Gasteiger partial charge >= 0.3 is 0 Å². The molecule has 1 aliphatic heterocycles. The molecule has 1 aromatic heterocycles. The molecule has 100 valence electrons. The molecular formula is C12H19N3O2S. The topological polar surface area (TPSA) is 62.3 Å². The van der Waals surface area contributed by atoms with E-state index in [0.29, 0.717) is 0 Å². The zero-order valence-corrected chi connectivity index (χ0v) is 11.4. The van der Waals surface area contributed by atoms with Crippen LogP contribution in [0.4, 0.5) is 0 Å². The summed E-state index contributed by atoms with van der Waals surface area (Å²) in [5.41, 5.74) is 0.778. The quantitative estimate of drug-likeness (QED) is 0.869. The van der Waals surface area contributed by atoms with Crippen molar-refractivity contribution < 1.29 is 8.42 Å². The number of likely N-dealkylation sites (N-methyl/N-ethyl adjacent to an activating group) is 1. The number of nitrogens with one attached hydrogen (secondary N) is 1. The molecule has 1 aromatic rings. The Bertz CT molecular complexity index is 469. The lowest BCUT2D eigenvalue weighted by atomic mass is 10.1. The van der Waals surface area contributed by atoms with Crippen LogP contribution in [0, 0.1) is 0 Å². The highest BCUT2D eigenvalue weighted by molar-refractivity contribution is 7.88. The first-order valence-electron chi connectivity index (χ1n) is 6.15. The normalized spacial score (nSPS) is 21.1. The van der Waals surface area contributed by atoms with Crippen molar-refractivity contribution in [1.29, 1.82) is 0 Å². The van der Waals surface area contributed by atoms with Crippen LogP contribution in [0.25, 0.3) is 0 Å². The number of pyridine rings is 1. The summed E-state index contributed by atoms with van der Waals surface area (Å²) in [5, 5.41) is 3.24. The van der Waals surface area contributed by atoms with Gasteiger partial charge < -0.3 is 5.32 Å². The summed E-state index contributed by atoms with van der Waals surface area (Å²) in [7, 11) is -1.57. The van der Waals surface area contributed by atoms with Gasteiger partial charge in [-0.2, -0.15) is 0 Å². The fourth-order valence-electron chi connectivity index (χ4n) is 2.16. The lowest BCUT2D eigenvalue weighted by Gasteiger charge is -2.30. The molecule has 1 saturated heterocycles. The summed E-state index contributed by atoms with van der Waals surface area (Å²) < 4.78 is 26.1. The largest absolute Gasteiger partial charge is 0.315 e. The molecule has 5 nitrogen and oxygen atoms in total. The van der Waals surface area contributed by atoms with E-state index in [4.69, 9.17) is 0 Å². The van der Waals surface area contributed by atoms with Crippen molar-refractivity contribution >= 4 is 10.0 Å². The van der Waals surface area contributed by atoms with Crippen LogP contribution in [0.1, 0.15) is 18.4 Å². The second-order valence-electron chi connectivity index (χ2n) is 4.63. The zero-order valence-electron chi connectivity index (χ0n) is 10.5. The van der Waals surface area contributed by atoms with Crippen LogP contribution in [0.15, 0.2) is 24.5 Å². The van der Waals surface area contributed by atoms with Crippen molar-refractivity contribution in [3.63, 3.8) is 0 Å². The molecule has 1 atom stereocenters. The number of sulfonamides is 1. The standard InChI is InChI=1S/C12H19N3O2S/c1-15(12-3-2-6-14-9-12)18(16,17)10-11-4-7-13-8-5-11/h4-5,7-8,12,14H,2-3,6,9-10H2,1H3/t12-/m1/s1. The zero-order chi connectivity index (χ0) is 13.0. The van der Waals surface area contributed by atoms with Crippen molar-refractivity contribution in [1.82, 2.24) is 14.6 Å².